The van der Waals surface area contributed by atoms with Crippen LogP contribution in [0, 0.1) is 5.82 Å². The van der Waals surface area contributed by atoms with Gasteiger partial charge in [-0.2, -0.15) is 0 Å². The average Bonchev–Trinajstić information content (AvgIpc) is 3.35. The zero-order valence-corrected chi connectivity index (χ0v) is 18.6. The van der Waals surface area contributed by atoms with Crippen LogP contribution in [0.5, 0.6) is 0 Å². The highest BCUT2D eigenvalue weighted by Gasteiger charge is 2.31. The van der Waals surface area contributed by atoms with Crippen molar-refractivity contribution in [2.75, 3.05) is 11.9 Å². The molecule has 0 unspecified atom stereocenters. The highest BCUT2D eigenvalue weighted by molar-refractivity contribution is 5.95. The van der Waals surface area contributed by atoms with Gasteiger partial charge in [0.05, 0.1) is 11.7 Å². The first-order chi connectivity index (χ1) is 16.7. The van der Waals surface area contributed by atoms with E-state index in [4.69, 9.17) is 4.98 Å². The number of aromatic nitrogens is 3. The Labute approximate surface area is 197 Å². The highest BCUT2D eigenvalue weighted by atomic mass is 19.1. The van der Waals surface area contributed by atoms with E-state index in [1.165, 1.54) is 12.1 Å². The van der Waals surface area contributed by atoms with E-state index in [1.807, 2.05) is 53.4 Å². The molecule has 5 rings (SSSR count). The molecule has 4 aromatic rings. The SMILES string of the molecule is O=C(c1cccc(Nc2ncccn2)c1)N1CCC[C@@H]1c1cccc(Cc2cccc(F)c2)n1. The molecule has 0 spiro atoms. The van der Waals surface area contributed by atoms with Gasteiger partial charge in [0, 0.05) is 42.3 Å². The zero-order chi connectivity index (χ0) is 23.3. The second-order valence-corrected chi connectivity index (χ2v) is 8.30. The maximum absolute atomic E-state index is 13.6. The van der Waals surface area contributed by atoms with Crippen LogP contribution in [0.3, 0.4) is 0 Å². The fourth-order valence-corrected chi connectivity index (χ4v) is 4.34. The lowest BCUT2D eigenvalue weighted by atomic mass is 10.1. The van der Waals surface area contributed by atoms with Gasteiger partial charge in [-0.15, -0.1) is 0 Å². The molecule has 1 N–H and O–H groups in total. The Kier molecular flexibility index (Phi) is 6.25. The minimum absolute atomic E-state index is 0.0301. The van der Waals surface area contributed by atoms with Crippen LogP contribution in [-0.4, -0.2) is 32.3 Å². The second kappa shape index (κ2) is 9.79. The van der Waals surface area contributed by atoms with E-state index in [0.29, 0.717) is 24.5 Å². The van der Waals surface area contributed by atoms with Crippen LogP contribution in [-0.2, 0) is 6.42 Å². The molecule has 0 bridgehead atoms. The molecular weight excluding hydrogens is 429 g/mol. The lowest BCUT2D eigenvalue weighted by molar-refractivity contribution is 0.0733. The van der Waals surface area contributed by atoms with Crippen LogP contribution in [0.2, 0.25) is 0 Å². The maximum atomic E-state index is 13.6. The molecule has 0 saturated carbocycles. The van der Waals surface area contributed by atoms with Gasteiger partial charge in [-0.3, -0.25) is 9.78 Å². The van der Waals surface area contributed by atoms with Crippen molar-refractivity contribution in [3.8, 4) is 0 Å². The first kappa shape index (κ1) is 21.7. The zero-order valence-electron chi connectivity index (χ0n) is 18.6. The number of carbonyl (C=O) groups excluding carboxylic acids is 1. The van der Waals surface area contributed by atoms with E-state index in [2.05, 4.69) is 15.3 Å². The Bertz CT molecular complexity index is 1300. The second-order valence-electron chi connectivity index (χ2n) is 8.30. The molecule has 170 valence electrons. The van der Waals surface area contributed by atoms with Crippen molar-refractivity contribution in [2.24, 2.45) is 0 Å². The van der Waals surface area contributed by atoms with E-state index < -0.39 is 0 Å². The molecule has 1 aliphatic rings. The number of halogens is 1. The monoisotopic (exact) mass is 453 g/mol. The number of anilines is 2. The van der Waals surface area contributed by atoms with Crippen molar-refractivity contribution < 1.29 is 9.18 Å². The first-order valence-corrected chi connectivity index (χ1v) is 11.3. The fourth-order valence-electron chi connectivity index (χ4n) is 4.34. The van der Waals surface area contributed by atoms with Gasteiger partial charge >= 0.3 is 0 Å². The predicted molar refractivity (Wildman–Crippen MR) is 128 cm³/mol. The van der Waals surface area contributed by atoms with Crippen molar-refractivity contribution >= 4 is 17.5 Å². The smallest absolute Gasteiger partial charge is 0.254 e. The lowest BCUT2D eigenvalue weighted by Gasteiger charge is -2.25. The van der Waals surface area contributed by atoms with Crippen molar-refractivity contribution in [3.05, 3.63) is 114 Å². The number of likely N-dealkylation sites (tertiary alicyclic amines) is 1. The summed E-state index contributed by atoms with van der Waals surface area (Å²) in [4.78, 5) is 28.5. The summed E-state index contributed by atoms with van der Waals surface area (Å²) in [6.45, 7) is 0.679. The van der Waals surface area contributed by atoms with Crippen LogP contribution in [0.15, 0.2) is 85.2 Å². The maximum Gasteiger partial charge on any atom is 0.254 e. The van der Waals surface area contributed by atoms with Crippen molar-refractivity contribution in [3.63, 3.8) is 0 Å². The van der Waals surface area contributed by atoms with E-state index in [0.717, 1.165) is 35.5 Å². The van der Waals surface area contributed by atoms with Gasteiger partial charge in [0.25, 0.3) is 5.91 Å². The molecule has 1 atom stereocenters. The molecule has 2 aromatic heterocycles. The van der Waals surface area contributed by atoms with E-state index >= 15 is 0 Å². The normalized spacial score (nSPS) is 15.3. The summed E-state index contributed by atoms with van der Waals surface area (Å²) in [7, 11) is 0. The number of hydrogen-bond acceptors (Lipinski definition) is 5. The molecule has 6 nitrogen and oxygen atoms in total. The Morgan fingerprint density at radius 3 is 2.68 bits per heavy atom. The van der Waals surface area contributed by atoms with Crippen molar-refractivity contribution in [1.82, 2.24) is 19.9 Å². The largest absolute Gasteiger partial charge is 0.330 e. The Balaban J connectivity index is 1.34. The van der Waals surface area contributed by atoms with Crippen LogP contribution in [0.1, 0.15) is 46.2 Å². The van der Waals surface area contributed by atoms with Crippen LogP contribution >= 0.6 is 0 Å². The number of pyridine rings is 1. The summed E-state index contributed by atoms with van der Waals surface area (Å²) in [6, 6.07) is 21.5. The minimum atomic E-state index is -0.253. The van der Waals surface area contributed by atoms with Crippen LogP contribution in [0.4, 0.5) is 16.0 Å². The van der Waals surface area contributed by atoms with Crippen LogP contribution < -0.4 is 5.32 Å². The number of benzene rings is 2. The topological polar surface area (TPSA) is 71.0 Å². The Morgan fingerprint density at radius 2 is 1.82 bits per heavy atom. The van der Waals surface area contributed by atoms with Gasteiger partial charge in [-0.1, -0.05) is 24.3 Å². The molecule has 1 aliphatic heterocycles. The molecule has 34 heavy (non-hydrogen) atoms. The van der Waals surface area contributed by atoms with Crippen LogP contribution in [0.25, 0.3) is 0 Å². The third kappa shape index (κ3) is 4.93. The number of carbonyl (C=O) groups is 1. The number of nitrogens with zero attached hydrogens (tertiary/aromatic N) is 4. The molecule has 2 aromatic carbocycles. The summed E-state index contributed by atoms with van der Waals surface area (Å²) in [5.74, 6) is 0.194. The standard InChI is InChI=1S/C27H24FN5O/c28-21-8-1-6-19(16-21)17-22-10-3-11-24(31-22)25-12-4-15-33(25)26(34)20-7-2-9-23(18-20)32-27-29-13-5-14-30-27/h1-3,5-11,13-14,16,18,25H,4,12,15,17H2,(H,29,30,32)/t25-/m1/s1. The molecule has 1 saturated heterocycles. The van der Waals surface area contributed by atoms with E-state index in [1.54, 1.807) is 24.5 Å². The van der Waals surface area contributed by atoms with Gasteiger partial charge in [-0.05, 0) is 66.9 Å². The Morgan fingerprint density at radius 1 is 1.00 bits per heavy atom. The van der Waals surface area contributed by atoms with Gasteiger partial charge in [0.15, 0.2) is 0 Å². The molecule has 0 radical (unpaired) electrons. The summed E-state index contributed by atoms with van der Waals surface area (Å²) in [5.41, 5.74) is 3.95. The molecule has 1 amide bonds. The number of rotatable bonds is 6. The molecule has 3 heterocycles. The molecule has 1 fully saturated rings. The first-order valence-electron chi connectivity index (χ1n) is 11.3. The molecule has 7 heteroatoms. The summed E-state index contributed by atoms with van der Waals surface area (Å²) < 4.78 is 13.6. The van der Waals surface area contributed by atoms with Gasteiger partial charge < -0.3 is 10.2 Å². The van der Waals surface area contributed by atoms with E-state index in [9.17, 15) is 9.18 Å². The highest BCUT2D eigenvalue weighted by Crippen LogP contribution is 2.33. The molecule has 0 aliphatic carbocycles. The lowest BCUT2D eigenvalue weighted by Crippen LogP contribution is -2.31. The summed E-state index contributed by atoms with van der Waals surface area (Å²) >= 11 is 0. The van der Waals surface area contributed by atoms with Gasteiger partial charge in [0.2, 0.25) is 5.95 Å². The summed E-state index contributed by atoms with van der Waals surface area (Å²) in [6.07, 6.45) is 5.64. The average molecular weight is 454 g/mol. The third-order valence-electron chi connectivity index (χ3n) is 5.89. The molecular formula is C27H24FN5O. The van der Waals surface area contributed by atoms with Gasteiger partial charge in [0.1, 0.15) is 5.82 Å². The minimum Gasteiger partial charge on any atom is -0.330 e. The number of hydrogen-bond donors (Lipinski definition) is 1. The fraction of sp³-hybridized carbons (Fsp3) is 0.185. The number of amides is 1. The van der Waals surface area contributed by atoms with Crippen molar-refractivity contribution in [2.45, 2.75) is 25.3 Å². The Hall–Kier alpha value is -4.13. The summed E-state index contributed by atoms with van der Waals surface area (Å²) in [5, 5.41) is 3.14. The van der Waals surface area contributed by atoms with E-state index in [-0.39, 0.29) is 17.8 Å². The number of nitrogens with one attached hydrogen (secondary N) is 1. The quantitative estimate of drug-likeness (QED) is 0.428. The van der Waals surface area contributed by atoms with Gasteiger partial charge in [-0.25, -0.2) is 14.4 Å². The third-order valence-corrected chi connectivity index (χ3v) is 5.89. The predicted octanol–water partition coefficient (Wildman–Crippen LogP) is 5.32. The van der Waals surface area contributed by atoms with Crippen molar-refractivity contribution in [1.29, 1.82) is 0 Å².